The zero-order chi connectivity index (χ0) is 16.7. The molecular weight excluding hydrogens is 316 g/mol. The molecule has 1 N–H and O–H groups in total. The highest BCUT2D eigenvalue weighted by atomic mass is 19.1. The highest BCUT2D eigenvalue weighted by Gasteiger charge is 2.27. The van der Waals surface area contributed by atoms with Crippen LogP contribution in [0, 0.1) is 11.6 Å². The van der Waals surface area contributed by atoms with Gasteiger partial charge in [-0.3, -0.25) is 4.79 Å². The standard InChI is InChI=1S/C18H15F2NO3/c19-11-1-2-15(14(20)8-11)21-17(22)9-13-12-4-6-23-16(12)7-10-3-5-24-18(10)13/h1-2,7-8H,3-6,9H2,(H,21,22). The molecule has 2 aliphatic heterocycles. The predicted octanol–water partition coefficient (Wildman–Crippen LogP) is 3.02. The van der Waals surface area contributed by atoms with Gasteiger partial charge in [-0.05, 0) is 18.2 Å². The van der Waals surface area contributed by atoms with Gasteiger partial charge < -0.3 is 14.8 Å². The number of hydrogen-bond acceptors (Lipinski definition) is 3. The van der Waals surface area contributed by atoms with E-state index in [4.69, 9.17) is 9.47 Å². The van der Waals surface area contributed by atoms with Crippen LogP contribution < -0.4 is 14.8 Å². The first-order valence-electron chi connectivity index (χ1n) is 7.80. The number of halogens is 2. The smallest absolute Gasteiger partial charge is 0.229 e. The fourth-order valence-corrected chi connectivity index (χ4v) is 3.22. The van der Waals surface area contributed by atoms with E-state index in [9.17, 15) is 13.6 Å². The van der Waals surface area contributed by atoms with Gasteiger partial charge in [-0.2, -0.15) is 0 Å². The summed E-state index contributed by atoms with van der Waals surface area (Å²) in [5.74, 6) is -0.316. The van der Waals surface area contributed by atoms with Crippen molar-refractivity contribution in [2.75, 3.05) is 18.5 Å². The van der Waals surface area contributed by atoms with Crippen LogP contribution in [0.5, 0.6) is 11.5 Å². The van der Waals surface area contributed by atoms with E-state index in [0.29, 0.717) is 13.2 Å². The molecule has 24 heavy (non-hydrogen) atoms. The predicted molar refractivity (Wildman–Crippen MR) is 83.5 cm³/mol. The first-order valence-corrected chi connectivity index (χ1v) is 7.80. The lowest BCUT2D eigenvalue weighted by Crippen LogP contribution is -2.17. The van der Waals surface area contributed by atoms with E-state index < -0.39 is 11.6 Å². The molecule has 0 spiro atoms. The minimum absolute atomic E-state index is 0.0391. The van der Waals surface area contributed by atoms with Crippen LogP contribution in [0.4, 0.5) is 14.5 Å². The molecule has 0 radical (unpaired) electrons. The minimum atomic E-state index is -0.800. The third kappa shape index (κ3) is 2.58. The van der Waals surface area contributed by atoms with E-state index in [1.165, 1.54) is 6.07 Å². The Kier molecular flexibility index (Phi) is 3.59. The minimum Gasteiger partial charge on any atom is -0.493 e. The van der Waals surface area contributed by atoms with Crippen molar-refractivity contribution < 1.29 is 23.0 Å². The normalized spacial score (nSPS) is 14.6. The highest BCUT2D eigenvalue weighted by Crippen LogP contribution is 2.40. The summed E-state index contributed by atoms with van der Waals surface area (Å²) in [6.45, 7) is 1.17. The Morgan fingerprint density at radius 3 is 2.79 bits per heavy atom. The van der Waals surface area contributed by atoms with Gasteiger partial charge in [0.1, 0.15) is 23.1 Å². The Morgan fingerprint density at radius 1 is 1.12 bits per heavy atom. The molecular formula is C18H15F2NO3. The molecule has 124 valence electrons. The number of ether oxygens (including phenoxy) is 2. The summed E-state index contributed by atoms with van der Waals surface area (Å²) in [4.78, 5) is 12.4. The number of benzene rings is 2. The van der Waals surface area contributed by atoms with Gasteiger partial charge in [0, 0.05) is 35.6 Å². The fourth-order valence-electron chi connectivity index (χ4n) is 3.22. The average molecular weight is 331 g/mol. The summed E-state index contributed by atoms with van der Waals surface area (Å²) in [6, 6.07) is 5.03. The van der Waals surface area contributed by atoms with Crippen molar-refractivity contribution in [1.29, 1.82) is 0 Å². The molecule has 0 saturated carbocycles. The van der Waals surface area contributed by atoms with Gasteiger partial charge in [0.05, 0.1) is 25.3 Å². The third-order valence-electron chi connectivity index (χ3n) is 4.30. The molecule has 0 aliphatic carbocycles. The van der Waals surface area contributed by atoms with Crippen molar-refractivity contribution in [2.45, 2.75) is 19.3 Å². The van der Waals surface area contributed by atoms with E-state index in [-0.39, 0.29) is 18.0 Å². The summed E-state index contributed by atoms with van der Waals surface area (Å²) in [6.07, 6.45) is 1.57. The highest BCUT2D eigenvalue weighted by molar-refractivity contribution is 5.93. The van der Waals surface area contributed by atoms with Crippen LogP contribution in [-0.2, 0) is 24.1 Å². The van der Waals surface area contributed by atoms with Gasteiger partial charge in [0.25, 0.3) is 0 Å². The summed E-state index contributed by atoms with van der Waals surface area (Å²) in [5, 5.41) is 2.49. The lowest BCUT2D eigenvalue weighted by Gasteiger charge is -2.13. The summed E-state index contributed by atoms with van der Waals surface area (Å²) in [5.41, 5.74) is 2.78. The molecule has 2 aromatic rings. The number of fused-ring (bicyclic) bond motifs is 2. The Morgan fingerprint density at radius 2 is 1.96 bits per heavy atom. The second kappa shape index (κ2) is 5.78. The molecule has 4 rings (SSSR count). The van der Waals surface area contributed by atoms with Crippen LogP contribution in [0.3, 0.4) is 0 Å². The van der Waals surface area contributed by atoms with Gasteiger partial charge in [-0.1, -0.05) is 0 Å². The summed E-state index contributed by atoms with van der Waals surface area (Å²) in [7, 11) is 0. The monoisotopic (exact) mass is 331 g/mol. The third-order valence-corrected chi connectivity index (χ3v) is 4.30. The summed E-state index contributed by atoms with van der Waals surface area (Å²) < 4.78 is 37.9. The van der Waals surface area contributed by atoms with Gasteiger partial charge >= 0.3 is 0 Å². The number of hydrogen-bond donors (Lipinski definition) is 1. The maximum absolute atomic E-state index is 13.7. The van der Waals surface area contributed by atoms with Crippen molar-refractivity contribution in [3.63, 3.8) is 0 Å². The Bertz CT molecular complexity index is 803. The van der Waals surface area contributed by atoms with Crippen LogP contribution in [-0.4, -0.2) is 19.1 Å². The molecule has 0 fully saturated rings. The second-order valence-corrected chi connectivity index (χ2v) is 5.87. The van der Waals surface area contributed by atoms with E-state index >= 15 is 0 Å². The van der Waals surface area contributed by atoms with Crippen LogP contribution >= 0.6 is 0 Å². The lowest BCUT2D eigenvalue weighted by molar-refractivity contribution is -0.115. The van der Waals surface area contributed by atoms with Crippen LogP contribution in [0.15, 0.2) is 24.3 Å². The lowest BCUT2D eigenvalue weighted by atomic mass is 9.97. The Hall–Kier alpha value is -2.63. The Labute approximate surface area is 137 Å². The van der Waals surface area contributed by atoms with Crippen molar-refractivity contribution in [3.8, 4) is 11.5 Å². The topological polar surface area (TPSA) is 47.6 Å². The number of carbonyl (C=O) groups is 1. The largest absolute Gasteiger partial charge is 0.493 e. The van der Waals surface area contributed by atoms with E-state index in [1.807, 2.05) is 6.07 Å². The maximum atomic E-state index is 13.7. The number of amides is 1. The van der Waals surface area contributed by atoms with Crippen molar-refractivity contribution >= 4 is 11.6 Å². The zero-order valence-corrected chi connectivity index (χ0v) is 12.8. The van der Waals surface area contributed by atoms with E-state index in [0.717, 1.165) is 53.2 Å². The van der Waals surface area contributed by atoms with Crippen LogP contribution in [0.1, 0.15) is 16.7 Å². The molecule has 1 amide bonds. The maximum Gasteiger partial charge on any atom is 0.229 e. The molecule has 0 saturated heterocycles. The molecule has 0 aromatic heterocycles. The summed E-state index contributed by atoms with van der Waals surface area (Å²) >= 11 is 0. The fraction of sp³-hybridized carbons (Fsp3) is 0.278. The molecule has 2 aromatic carbocycles. The van der Waals surface area contributed by atoms with E-state index in [1.54, 1.807) is 0 Å². The van der Waals surface area contributed by atoms with Crippen molar-refractivity contribution in [1.82, 2.24) is 0 Å². The van der Waals surface area contributed by atoms with Crippen molar-refractivity contribution in [3.05, 3.63) is 52.6 Å². The molecule has 0 bridgehead atoms. The molecule has 0 atom stereocenters. The number of anilines is 1. The Balaban J connectivity index is 1.60. The van der Waals surface area contributed by atoms with Gasteiger partial charge in [-0.25, -0.2) is 8.78 Å². The number of carbonyl (C=O) groups excluding carboxylic acids is 1. The van der Waals surface area contributed by atoms with Crippen LogP contribution in [0.25, 0.3) is 0 Å². The molecule has 6 heteroatoms. The van der Waals surface area contributed by atoms with Gasteiger partial charge in [-0.15, -0.1) is 0 Å². The number of rotatable bonds is 3. The molecule has 2 heterocycles. The quantitative estimate of drug-likeness (QED) is 0.940. The average Bonchev–Trinajstić information content (AvgIpc) is 3.18. The molecule has 4 nitrogen and oxygen atoms in total. The number of nitrogens with one attached hydrogen (secondary N) is 1. The first kappa shape index (κ1) is 14.9. The molecule has 0 unspecified atom stereocenters. The van der Waals surface area contributed by atoms with Gasteiger partial charge in [0.15, 0.2) is 0 Å². The SMILES string of the molecule is O=C(Cc1c2c(cc3c1OCC3)OCC2)Nc1ccc(F)cc1F. The molecule has 2 aliphatic rings. The van der Waals surface area contributed by atoms with Crippen LogP contribution in [0.2, 0.25) is 0 Å². The van der Waals surface area contributed by atoms with Crippen molar-refractivity contribution in [2.24, 2.45) is 0 Å². The first-order chi connectivity index (χ1) is 11.6. The second-order valence-electron chi connectivity index (χ2n) is 5.87. The zero-order valence-electron chi connectivity index (χ0n) is 12.8. The van der Waals surface area contributed by atoms with Gasteiger partial charge in [0.2, 0.25) is 5.91 Å². The van der Waals surface area contributed by atoms with E-state index in [2.05, 4.69) is 5.32 Å².